The van der Waals surface area contributed by atoms with Gasteiger partial charge in [0.2, 0.25) is 0 Å². The maximum Gasteiger partial charge on any atom is 0.251 e. The number of nitrogens with zero attached hydrogens (tertiary/aromatic N) is 2. The number of amides is 1. The molecule has 5 nitrogen and oxygen atoms in total. The molecule has 0 radical (unpaired) electrons. The molecule has 0 saturated heterocycles. The van der Waals surface area contributed by atoms with Crippen molar-refractivity contribution in [3.63, 3.8) is 0 Å². The number of carbonyl (C=O) groups is 1. The van der Waals surface area contributed by atoms with Gasteiger partial charge in [0.15, 0.2) is 5.96 Å². The van der Waals surface area contributed by atoms with Gasteiger partial charge in [0.05, 0.1) is 6.54 Å². The van der Waals surface area contributed by atoms with Crippen LogP contribution in [0.2, 0.25) is 0 Å². The number of nitrogens with one attached hydrogen (secondary N) is 2. The lowest BCUT2D eigenvalue weighted by Crippen LogP contribution is -2.41. The molecule has 0 heterocycles. The van der Waals surface area contributed by atoms with E-state index in [0.29, 0.717) is 25.2 Å². The Bertz CT molecular complexity index is 705. The van der Waals surface area contributed by atoms with Gasteiger partial charge in [-0.2, -0.15) is 0 Å². The summed E-state index contributed by atoms with van der Waals surface area (Å²) in [5.41, 5.74) is 1.81. The molecule has 140 valence electrons. The summed E-state index contributed by atoms with van der Waals surface area (Å²) in [5, 5.41) is 6.16. The van der Waals surface area contributed by atoms with Gasteiger partial charge < -0.3 is 15.5 Å². The summed E-state index contributed by atoms with van der Waals surface area (Å²) in [4.78, 5) is 18.6. The smallest absolute Gasteiger partial charge is 0.251 e. The molecule has 7 heteroatoms. The first-order valence-electron chi connectivity index (χ1n) is 8.09. The van der Waals surface area contributed by atoms with E-state index in [1.165, 1.54) is 0 Å². The Kier molecular flexibility index (Phi) is 10.3. The molecule has 26 heavy (non-hydrogen) atoms. The topological polar surface area (TPSA) is 56.7 Å². The number of hydrogen-bond acceptors (Lipinski definition) is 2. The van der Waals surface area contributed by atoms with Crippen LogP contribution in [0.3, 0.4) is 0 Å². The van der Waals surface area contributed by atoms with Crippen LogP contribution in [-0.2, 0) is 6.54 Å². The Morgan fingerprint density at radius 3 is 2.23 bits per heavy atom. The van der Waals surface area contributed by atoms with E-state index in [1.54, 1.807) is 12.1 Å². The number of halogens is 2. The number of hydrogen-bond donors (Lipinski definition) is 2. The average molecular weight is 531 g/mol. The van der Waals surface area contributed by atoms with Crippen molar-refractivity contribution >= 4 is 51.8 Å². The van der Waals surface area contributed by atoms with Crippen molar-refractivity contribution in [3.8, 4) is 0 Å². The Balaban J connectivity index is 0.00000338. The zero-order chi connectivity index (χ0) is 18.1. The number of carbonyl (C=O) groups excluding carboxylic acids is 1. The second kappa shape index (κ2) is 11.9. The number of guanidine groups is 1. The zero-order valence-corrected chi connectivity index (χ0v) is 18.8. The number of aliphatic imine (C=N–C) groups is 1. The zero-order valence-electron chi connectivity index (χ0n) is 14.9. The fourth-order valence-electron chi connectivity index (χ4n) is 2.16. The SMILES string of the molecule is CN(C)C(=NCc1ccccc1)NCCNC(=O)c1ccc(Br)cc1.I. The molecule has 2 aromatic carbocycles. The monoisotopic (exact) mass is 530 g/mol. The minimum Gasteiger partial charge on any atom is -0.354 e. The number of rotatable bonds is 6. The van der Waals surface area contributed by atoms with Crippen LogP contribution in [-0.4, -0.2) is 44.0 Å². The van der Waals surface area contributed by atoms with Crippen molar-refractivity contribution in [1.29, 1.82) is 0 Å². The summed E-state index contributed by atoms with van der Waals surface area (Å²) in [7, 11) is 3.88. The molecular weight excluding hydrogens is 507 g/mol. The van der Waals surface area contributed by atoms with E-state index < -0.39 is 0 Å². The molecular formula is C19H24BrIN4O. The summed E-state index contributed by atoms with van der Waals surface area (Å²) in [6, 6.07) is 17.4. The number of benzene rings is 2. The molecule has 0 fully saturated rings. The van der Waals surface area contributed by atoms with Crippen molar-refractivity contribution in [1.82, 2.24) is 15.5 Å². The van der Waals surface area contributed by atoms with Gasteiger partial charge in [-0.15, -0.1) is 24.0 Å². The average Bonchev–Trinajstić information content (AvgIpc) is 2.62. The quantitative estimate of drug-likeness (QED) is 0.260. The van der Waals surface area contributed by atoms with Crippen LogP contribution < -0.4 is 10.6 Å². The van der Waals surface area contributed by atoms with Crippen LogP contribution in [0.25, 0.3) is 0 Å². The summed E-state index contributed by atoms with van der Waals surface area (Å²) < 4.78 is 0.955. The molecule has 0 saturated carbocycles. The first-order valence-corrected chi connectivity index (χ1v) is 8.89. The van der Waals surface area contributed by atoms with Crippen LogP contribution in [0.15, 0.2) is 64.1 Å². The van der Waals surface area contributed by atoms with Crippen LogP contribution in [0.1, 0.15) is 15.9 Å². The van der Waals surface area contributed by atoms with E-state index >= 15 is 0 Å². The standard InChI is InChI=1S/C19H23BrN4O.HI/c1-24(2)19(23-14-15-6-4-3-5-7-15)22-13-12-21-18(25)16-8-10-17(20)11-9-16;/h3-11H,12-14H2,1-2H3,(H,21,25)(H,22,23);1H. The van der Waals surface area contributed by atoms with Crippen LogP contribution in [0.5, 0.6) is 0 Å². The van der Waals surface area contributed by atoms with E-state index in [9.17, 15) is 4.79 Å². The summed E-state index contributed by atoms with van der Waals surface area (Å²) in [6.07, 6.45) is 0. The highest BCUT2D eigenvalue weighted by Crippen LogP contribution is 2.10. The maximum atomic E-state index is 12.1. The summed E-state index contributed by atoms with van der Waals surface area (Å²) in [5.74, 6) is 0.712. The first-order chi connectivity index (χ1) is 12.1. The minimum absolute atomic E-state index is 0. The fraction of sp³-hybridized carbons (Fsp3) is 0.263. The van der Waals surface area contributed by atoms with Crippen molar-refractivity contribution < 1.29 is 4.79 Å². The molecule has 0 spiro atoms. The second-order valence-corrected chi connectivity index (χ2v) is 6.63. The lowest BCUT2D eigenvalue weighted by atomic mass is 10.2. The van der Waals surface area contributed by atoms with Gasteiger partial charge in [-0.1, -0.05) is 46.3 Å². The van der Waals surface area contributed by atoms with Crippen molar-refractivity contribution in [2.75, 3.05) is 27.2 Å². The summed E-state index contributed by atoms with van der Waals surface area (Å²) >= 11 is 3.36. The predicted octanol–water partition coefficient (Wildman–Crippen LogP) is 3.50. The van der Waals surface area contributed by atoms with Crippen LogP contribution in [0.4, 0.5) is 0 Å². The van der Waals surface area contributed by atoms with E-state index in [2.05, 4.69) is 43.7 Å². The second-order valence-electron chi connectivity index (χ2n) is 5.71. The van der Waals surface area contributed by atoms with E-state index in [0.717, 1.165) is 16.0 Å². The third-order valence-electron chi connectivity index (χ3n) is 3.48. The van der Waals surface area contributed by atoms with Gasteiger partial charge in [0.25, 0.3) is 5.91 Å². The van der Waals surface area contributed by atoms with E-state index in [4.69, 9.17) is 0 Å². The van der Waals surface area contributed by atoms with Crippen molar-refractivity contribution in [3.05, 3.63) is 70.2 Å². The maximum absolute atomic E-state index is 12.1. The molecule has 2 rings (SSSR count). The Labute approximate surface area is 180 Å². The van der Waals surface area contributed by atoms with Crippen molar-refractivity contribution in [2.45, 2.75) is 6.54 Å². The fourth-order valence-corrected chi connectivity index (χ4v) is 2.42. The van der Waals surface area contributed by atoms with Crippen LogP contribution >= 0.6 is 39.9 Å². The first kappa shape index (κ1) is 22.4. The highest BCUT2D eigenvalue weighted by atomic mass is 127. The third-order valence-corrected chi connectivity index (χ3v) is 4.01. The largest absolute Gasteiger partial charge is 0.354 e. The van der Waals surface area contributed by atoms with E-state index in [1.807, 2.05) is 49.3 Å². The molecule has 0 bridgehead atoms. The van der Waals surface area contributed by atoms with Gasteiger partial charge in [-0.05, 0) is 29.8 Å². The molecule has 2 N–H and O–H groups in total. The molecule has 0 aliphatic heterocycles. The normalized spacial score (nSPS) is 10.7. The van der Waals surface area contributed by atoms with Crippen LogP contribution in [0, 0.1) is 0 Å². The van der Waals surface area contributed by atoms with Gasteiger partial charge in [-0.3, -0.25) is 4.79 Å². The lowest BCUT2D eigenvalue weighted by molar-refractivity contribution is 0.0954. The summed E-state index contributed by atoms with van der Waals surface area (Å²) in [6.45, 7) is 1.74. The van der Waals surface area contributed by atoms with Gasteiger partial charge >= 0.3 is 0 Å². The molecule has 0 unspecified atom stereocenters. The van der Waals surface area contributed by atoms with Crippen molar-refractivity contribution in [2.24, 2.45) is 4.99 Å². The highest BCUT2D eigenvalue weighted by molar-refractivity contribution is 14.0. The van der Waals surface area contributed by atoms with E-state index in [-0.39, 0.29) is 29.9 Å². The Morgan fingerprint density at radius 2 is 1.62 bits per heavy atom. The minimum atomic E-state index is -0.0815. The lowest BCUT2D eigenvalue weighted by Gasteiger charge is -2.18. The molecule has 2 aromatic rings. The molecule has 1 amide bonds. The Hall–Kier alpha value is -1.61. The highest BCUT2D eigenvalue weighted by Gasteiger charge is 2.05. The molecule has 0 aromatic heterocycles. The van der Waals surface area contributed by atoms with Gasteiger partial charge in [-0.25, -0.2) is 4.99 Å². The molecule has 0 aliphatic rings. The van der Waals surface area contributed by atoms with Gasteiger partial charge in [0.1, 0.15) is 0 Å². The third kappa shape index (κ3) is 7.74. The predicted molar refractivity (Wildman–Crippen MR) is 121 cm³/mol. The molecule has 0 atom stereocenters. The van der Waals surface area contributed by atoms with Gasteiger partial charge in [0, 0.05) is 37.2 Å². The molecule has 0 aliphatic carbocycles. The Morgan fingerprint density at radius 1 is 1.00 bits per heavy atom.